The fourth-order valence-electron chi connectivity index (χ4n) is 2.29. The van der Waals surface area contributed by atoms with E-state index in [0.717, 1.165) is 31.3 Å². The van der Waals surface area contributed by atoms with E-state index in [9.17, 15) is 0 Å². The Morgan fingerprint density at radius 1 is 0.778 bits per heavy atom. The maximum Gasteiger partial charge on any atom is 0.0903 e. The van der Waals surface area contributed by atoms with Crippen LogP contribution in [0.15, 0.2) is 0 Å². The molecule has 166 valence electrons. The Morgan fingerprint density at radius 3 is 1.81 bits per heavy atom. The lowest BCUT2D eigenvalue weighted by Crippen LogP contribution is -2.21. The molecule has 0 saturated heterocycles. The van der Waals surface area contributed by atoms with Crippen LogP contribution in [0.1, 0.15) is 85.0 Å². The van der Waals surface area contributed by atoms with Gasteiger partial charge in [-0.15, -0.1) is 0 Å². The highest BCUT2D eigenvalue weighted by Gasteiger charge is 2.07. The molecule has 0 rings (SSSR count). The lowest BCUT2D eigenvalue weighted by atomic mass is 10.1. The fraction of sp³-hybridized carbons (Fsp3) is 1.00. The normalized spacial score (nSPS) is 12.1. The molecule has 0 aliphatic rings. The number of hydrogen-bond donors (Lipinski definition) is 0. The number of hydrogen-bond acceptors (Lipinski definition) is 5. The topological polar surface area (TPSA) is 21.7 Å². The largest absolute Gasteiger partial charge is 0.379 e. The van der Waals surface area contributed by atoms with Gasteiger partial charge < -0.3 is 14.4 Å². The van der Waals surface area contributed by atoms with E-state index in [2.05, 4.69) is 39.8 Å². The zero-order valence-electron chi connectivity index (χ0n) is 19.3. The van der Waals surface area contributed by atoms with Crippen molar-refractivity contribution in [2.75, 3.05) is 52.5 Å². The molecular weight excluding hydrogens is 374 g/mol. The van der Waals surface area contributed by atoms with E-state index in [1.165, 1.54) is 64.2 Å². The number of ether oxygens (including phenoxy) is 2. The van der Waals surface area contributed by atoms with Gasteiger partial charge in [0.15, 0.2) is 0 Å². The van der Waals surface area contributed by atoms with E-state index in [-0.39, 0.29) is 6.10 Å². The minimum Gasteiger partial charge on any atom is -0.379 e. The first-order chi connectivity index (χ1) is 13.1. The predicted octanol–water partition coefficient (Wildman–Crippen LogP) is 6.91. The molecule has 0 amide bonds. The molecule has 0 heterocycles. The monoisotopic (exact) mass is 423 g/mol. The molecule has 0 saturated carbocycles. The highest BCUT2D eigenvalue weighted by Crippen LogP contribution is 2.22. The molecule has 0 radical (unpaired) electrons. The molecular formula is C22H49NO2S2. The Morgan fingerprint density at radius 2 is 1.33 bits per heavy atom. The molecule has 0 bridgehead atoms. The first kappa shape index (κ1) is 29.8. The standard InChI is InChI=1S/C14H31NO2S2.C8H18/c1-5-6-7-8-10-17-12-14(16-4)13-19-18-11-9-15(2)3;1-3-5-7-8-6-4-2/h14H,5-13H2,1-4H3;3-8H2,1-2H3. The second-order valence-corrected chi connectivity index (χ2v) is 9.94. The van der Waals surface area contributed by atoms with Crippen LogP contribution < -0.4 is 0 Å². The first-order valence-electron chi connectivity index (χ1n) is 11.1. The second-order valence-electron chi connectivity index (χ2n) is 7.32. The van der Waals surface area contributed by atoms with E-state index in [4.69, 9.17) is 9.47 Å². The summed E-state index contributed by atoms with van der Waals surface area (Å²) in [4.78, 5) is 2.21. The van der Waals surface area contributed by atoms with Gasteiger partial charge in [0.2, 0.25) is 0 Å². The highest BCUT2D eigenvalue weighted by molar-refractivity contribution is 8.76. The van der Waals surface area contributed by atoms with Crippen molar-refractivity contribution >= 4 is 21.6 Å². The van der Waals surface area contributed by atoms with Crippen LogP contribution in [-0.4, -0.2) is 63.5 Å². The summed E-state index contributed by atoms with van der Waals surface area (Å²) in [5, 5.41) is 0. The zero-order chi connectivity index (χ0) is 20.6. The van der Waals surface area contributed by atoms with Crippen molar-refractivity contribution in [2.24, 2.45) is 0 Å². The number of nitrogens with zero attached hydrogens (tertiary/aromatic N) is 1. The van der Waals surface area contributed by atoms with Gasteiger partial charge >= 0.3 is 0 Å². The molecule has 5 heteroatoms. The average molecular weight is 424 g/mol. The van der Waals surface area contributed by atoms with Crippen LogP contribution in [0.25, 0.3) is 0 Å². The molecule has 0 aliphatic heterocycles. The molecule has 0 fully saturated rings. The first-order valence-corrected chi connectivity index (χ1v) is 13.6. The van der Waals surface area contributed by atoms with Crippen molar-refractivity contribution in [2.45, 2.75) is 91.1 Å². The second kappa shape index (κ2) is 26.6. The van der Waals surface area contributed by atoms with Crippen LogP contribution in [0.5, 0.6) is 0 Å². The summed E-state index contributed by atoms with van der Waals surface area (Å²) in [6.45, 7) is 9.47. The lowest BCUT2D eigenvalue weighted by Gasteiger charge is -2.15. The minimum absolute atomic E-state index is 0.225. The van der Waals surface area contributed by atoms with E-state index in [0.29, 0.717) is 0 Å². The number of methoxy groups -OCH3 is 1. The van der Waals surface area contributed by atoms with Gasteiger partial charge in [0.25, 0.3) is 0 Å². The van der Waals surface area contributed by atoms with Crippen LogP contribution >= 0.6 is 21.6 Å². The summed E-state index contributed by atoms with van der Waals surface area (Å²) in [7, 11) is 9.79. The van der Waals surface area contributed by atoms with Gasteiger partial charge in [-0.3, -0.25) is 0 Å². The number of rotatable bonds is 19. The lowest BCUT2D eigenvalue weighted by molar-refractivity contribution is 0.0200. The maximum atomic E-state index is 5.67. The van der Waals surface area contributed by atoms with E-state index in [1.54, 1.807) is 7.11 Å². The third-order valence-electron chi connectivity index (χ3n) is 4.20. The van der Waals surface area contributed by atoms with Gasteiger partial charge in [0.05, 0.1) is 12.7 Å². The molecule has 3 nitrogen and oxygen atoms in total. The smallest absolute Gasteiger partial charge is 0.0903 e. The molecule has 1 atom stereocenters. The summed E-state index contributed by atoms with van der Waals surface area (Å²) >= 11 is 0. The van der Waals surface area contributed by atoms with Gasteiger partial charge in [-0.25, -0.2) is 0 Å². The Labute approximate surface area is 179 Å². The van der Waals surface area contributed by atoms with E-state index >= 15 is 0 Å². The summed E-state index contributed by atoms with van der Waals surface area (Å²) in [6.07, 6.45) is 13.8. The van der Waals surface area contributed by atoms with Crippen LogP contribution in [0, 0.1) is 0 Å². The van der Waals surface area contributed by atoms with Crippen molar-refractivity contribution in [3.05, 3.63) is 0 Å². The van der Waals surface area contributed by atoms with Gasteiger partial charge in [0.1, 0.15) is 0 Å². The molecule has 0 aliphatic carbocycles. The Balaban J connectivity index is 0. The van der Waals surface area contributed by atoms with Crippen molar-refractivity contribution in [1.29, 1.82) is 0 Å². The Hall–Kier alpha value is 0.580. The molecule has 0 aromatic carbocycles. The third kappa shape index (κ3) is 28.9. The van der Waals surface area contributed by atoms with Crippen LogP contribution in [0.3, 0.4) is 0 Å². The molecule has 1 unspecified atom stereocenters. The Kier molecular flexibility index (Phi) is 29.3. The summed E-state index contributed by atoms with van der Waals surface area (Å²) in [5.74, 6) is 2.16. The molecule has 0 aromatic rings. The average Bonchev–Trinajstić information content (AvgIpc) is 2.66. The predicted molar refractivity (Wildman–Crippen MR) is 128 cm³/mol. The van der Waals surface area contributed by atoms with Crippen LogP contribution in [-0.2, 0) is 9.47 Å². The minimum atomic E-state index is 0.225. The molecule has 0 aromatic heterocycles. The maximum absolute atomic E-state index is 5.67. The van der Waals surface area contributed by atoms with E-state index in [1.807, 2.05) is 21.6 Å². The summed E-state index contributed by atoms with van der Waals surface area (Å²) in [6, 6.07) is 0. The van der Waals surface area contributed by atoms with Crippen LogP contribution in [0.4, 0.5) is 0 Å². The zero-order valence-corrected chi connectivity index (χ0v) is 20.9. The summed E-state index contributed by atoms with van der Waals surface area (Å²) in [5.41, 5.74) is 0. The van der Waals surface area contributed by atoms with Gasteiger partial charge in [0, 0.05) is 31.8 Å². The van der Waals surface area contributed by atoms with Crippen molar-refractivity contribution in [3.8, 4) is 0 Å². The Bertz CT molecular complexity index is 250. The van der Waals surface area contributed by atoms with Gasteiger partial charge in [-0.1, -0.05) is 100 Å². The quantitative estimate of drug-likeness (QED) is 0.166. The molecule has 0 N–H and O–H groups in total. The van der Waals surface area contributed by atoms with E-state index < -0.39 is 0 Å². The van der Waals surface area contributed by atoms with Gasteiger partial charge in [-0.05, 0) is 20.5 Å². The highest BCUT2D eigenvalue weighted by atomic mass is 33.1. The van der Waals surface area contributed by atoms with Crippen molar-refractivity contribution < 1.29 is 9.47 Å². The molecule has 27 heavy (non-hydrogen) atoms. The fourth-order valence-corrected chi connectivity index (χ4v) is 4.65. The van der Waals surface area contributed by atoms with Crippen molar-refractivity contribution in [3.63, 3.8) is 0 Å². The summed E-state index contributed by atoms with van der Waals surface area (Å²) < 4.78 is 11.1. The third-order valence-corrected chi connectivity index (χ3v) is 6.63. The number of unbranched alkanes of at least 4 members (excludes halogenated alkanes) is 8. The van der Waals surface area contributed by atoms with Crippen LogP contribution in [0.2, 0.25) is 0 Å². The molecule has 0 spiro atoms. The SMILES string of the molecule is CCCCCCCC.CCCCCCOCC(CSSCCN(C)C)OC. The van der Waals surface area contributed by atoms with Gasteiger partial charge in [-0.2, -0.15) is 0 Å². The van der Waals surface area contributed by atoms with Crippen molar-refractivity contribution in [1.82, 2.24) is 4.90 Å².